The molecular weight excluding hydrogens is 639 g/mol. The second kappa shape index (κ2) is 11.4. The minimum absolute atomic E-state index is 1.28. The van der Waals surface area contributed by atoms with Gasteiger partial charge >= 0.3 is 286 Å². The van der Waals surface area contributed by atoms with Gasteiger partial charge in [-0.25, -0.2) is 0 Å². The summed E-state index contributed by atoms with van der Waals surface area (Å²) >= 11 is 0. The molecule has 242 valence electrons. The van der Waals surface area contributed by atoms with Gasteiger partial charge in [-0.1, -0.05) is 0 Å². The molecule has 2 nitrogen and oxygen atoms in total. The molecule has 1 aliphatic rings. The number of nitrogens with one attached hydrogen (secondary N) is 1. The zero-order valence-corrected chi connectivity index (χ0v) is 33.5. The summed E-state index contributed by atoms with van der Waals surface area (Å²) in [6, 6.07) is 46.8. The van der Waals surface area contributed by atoms with Crippen molar-refractivity contribution in [2.75, 3.05) is 30.6 Å². The fourth-order valence-corrected chi connectivity index (χ4v) is 28.7. The quantitative estimate of drug-likeness (QED) is 0.144. The van der Waals surface area contributed by atoms with E-state index in [2.05, 4.69) is 191 Å². The molecular formula is C41H50N2P2Si2. The molecule has 0 saturated carbocycles. The molecule has 0 atom stereocenters. The summed E-state index contributed by atoms with van der Waals surface area (Å²) in [6.07, 6.45) is 0. The molecule has 0 fully saturated rings. The molecule has 1 N–H and O–H groups in total. The first kappa shape index (κ1) is 32.3. The summed E-state index contributed by atoms with van der Waals surface area (Å²) in [5, 5.41) is 15.6. The minimum atomic E-state index is -2.39. The predicted octanol–water partition coefficient (Wildman–Crippen LogP) is 10.1. The van der Waals surface area contributed by atoms with E-state index < -0.39 is 29.1 Å². The molecule has 0 amide bonds. The van der Waals surface area contributed by atoms with Crippen LogP contribution >= 0.6 is 13.6 Å². The van der Waals surface area contributed by atoms with Crippen LogP contribution in [0.25, 0.3) is 21.5 Å². The van der Waals surface area contributed by atoms with Crippen LogP contribution in [0.1, 0.15) is 0 Å². The van der Waals surface area contributed by atoms with Gasteiger partial charge in [0, 0.05) is 0 Å². The normalized spacial score (nSPS) is 17.2. The van der Waals surface area contributed by atoms with E-state index >= 15 is 0 Å². The Labute approximate surface area is 284 Å². The van der Waals surface area contributed by atoms with Gasteiger partial charge in [-0.3, -0.25) is 0 Å². The number of rotatable bonds is 2. The SMILES string of the molecule is CN1c2ccccc2[PH](C)([Si](C)(C)C)c2ccccc2Nc2cc3ccccc3cc2[PH](C)([Si](C)(C)C)c2cc3ccccc3cc21. The van der Waals surface area contributed by atoms with Gasteiger partial charge in [0.2, 0.25) is 0 Å². The Bertz CT molecular complexity index is 2170. The Kier molecular flexibility index (Phi) is 7.85. The van der Waals surface area contributed by atoms with Crippen LogP contribution in [0.3, 0.4) is 0 Å². The molecule has 6 aromatic rings. The van der Waals surface area contributed by atoms with Crippen LogP contribution in [0.2, 0.25) is 39.3 Å². The summed E-state index contributed by atoms with van der Waals surface area (Å²) < 4.78 is 0. The summed E-state index contributed by atoms with van der Waals surface area (Å²) in [5.41, 5.74) is 5.30. The number of nitrogens with zero attached hydrogens (tertiary/aromatic N) is 1. The van der Waals surface area contributed by atoms with Crippen LogP contribution < -0.4 is 31.4 Å². The van der Waals surface area contributed by atoms with Crippen molar-refractivity contribution in [1.29, 1.82) is 0 Å². The number of anilines is 4. The topological polar surface area (TPSA) is 15.3 Å². The standard InChI is InChI=1S/C41H50N2P2Si2/c1-43-36-23-15-17-25-39(36)44(2,46(4,5)6)38-24-16-14-22-34(38)42-35-26-30-18-10-12-20-32(30)28-40(35)45(3,47(7,8)9)41-29-33-21-13-11-19-31(33)27-37(41)43/h10-29,42,44-45H,1-9H3. The van der Waals surface area contributed by atoms with Crippen LogP contribution in [0.15, 0.2) is 121 Å². The van der Waals surface area contributed by atoms with E-state index in [1.54, 1.807) is 10.6 Å². The third kappa shape index (κ3) is 5.03. The maximum absolute atomic E-state index is 4.22. The zero-order valence-electron chi connectivity index (χ0n) is 29.5. The van der Waals surface area contributed by atoms with Crippen molar-refractivity contribution < 1.29 is 0 Å². The summed E-state index contributed by atoms with van der Waals surface area (Å²) in [6.45, 7) is 16.3. The van der Waals surface area contributed by atoms with E-state index in [1.165, 1.54) is 54.9 Å². The molecule has 47 heavy (non-hydrogen) atoms. The summed E-state index contributed by atoms with van der Waals surface area (Å²) in [5.74, 6) is 0. The first-order chi connectivity index (χ1) is 22.2. The first-order valence-electron chi connectivity index (χ1n) is 17.0. The van der Waals surface area contributed by atoms with E-state index in [4.69, 9.17) is 0 Å². The molecule has 0 unspecified atom stereocenters. The van der Waals surface area contributed by atoms with Gasteiger partial charge in [-0.15, -0.1) is 0 Å². The molecule has 0 bridgehead atoms. The Hall–Kier alpha value is -3.27. The zero-order chi connectivity index (χ0) is 33.4. The van der Waals surface area contributed by atoms with Crippen molar-refractivity contribution in [1.82, 2.24) is 0 Å². The molecule has 0 spiro atoms. The van der Waals surface area contributed by atoms with Crippen LogP contribution in [-0.4, -0.2) is 35.9 Å². The van der Waals surface area contributed by atoms with Gasteiger partial charge < -0.3 is 0 Å². The Balaban J connectivity index is 1.71. The molecule has 1 heterocycles. The van der Waals surface area contributed by atoms with Crippen molar-refractivity contribution in [2.24, 2.45) is 0 Å². The van der Waals surface area contributed by atoms with Gasteiger partial charge in [0.1, 0.15) is 0 Å². The van der Waals surface area contributed by atoms with Crippen molar-refractivity contribution in [3.8, 4) is 0 Å². The third-order valence-corrected chi connectivity index (χ3v) is 44.9. The molecule has 1 aliphatic heterocycles. The fourth-order valence-electron chi connectivity index (χ4n) is 8.06. The Morgan fingerprint density at radius 1 is 0.447 bits per heavy atom. The molecule has 6 aromatic carbocycles. The van der Waals surface area contributed by atoms with Crippen LogP contribution in [0.4, 0.5) is 22.7 Å². The van der Waals surface area contributed by atoms with Gasteiger partial charge in [-0.05, 0) is 0 Å². The average molecular weight is 689 g/mol. The first-order valence-corrected chi connectivity index (χ1v) is 31.0. The van der Waals surface area contributed by atoms with Crippen LogP contribution in [0.5, 0.6) is 0 Å². The molecule has 0 saturated heterocycles. The van der Waals surface area contributed by atoms with E-state index in [-0.39, 0.29) is 0 Å². The summed E-state index contributed by atoms with van der Waals surface area (Å²) in [4.78, 5) is 2.59. The molecule has 0 aromatic heterocycles. The fraction of sp³-hybridized carbons (Fsp3) is 0.220. The molecule has 6 heteroatoms. The monoisotopic (exact) mass is 688 g/mol. The molecule has 7 rings (SSSR count). The number of fused-ring (bicyclic) bond motifs is 6. The van der Waals surface area contributed by atoms with Gasteiger partial charge in [0.25, 0.3) is 0 Å². The number of hydrogen-bond acceptors (Lipinski definition) is 2. The maximum atomic E-state index is 4.22. The van der Waals surface area contributed by atoms with E-state index in [9.17, 15) is 0 Å². The van der Waals surface area contributed by atoms with Crippen LogP contribution in [-0.2, 0) is 0 Å². The van der Waals surface area contributed by atoms with Crippen molar-refractivity contribution in [2.45, 2.75) is 39.3 Å². The van der Waals surface area contributed by atoms with E-state index in [0.717, 1.165) is 0 Å². The summed E-state index contributed by atoms with van der Waals surface area (Å²) in [7, 11) is -1.29. The predicted molar refractivity (Wildman–Crippen MR) is 226 cm³/mol. The Morgan fingerprint density at radius 2 is 0.894 bits per heavy atom. The number of hydrogen-bond donors (Lipinski definition) is 1. The number of benzene rings is 6. The average Bonchev–Trinajstić information content (AvgIpc) is 3.05. The van der Waals surface area contributed by atoms with Gasteiger partial charge in [-0.2, -0.15) is 0 Å². The third-order valence-electron chi connectivity index (χ3n) is 11.7. The second-order valence-corrected chi connectivity index (χ2v) is 46.6. The van der Waals surface area contributed by atoms with Gasteiger partial charge in [0.05, 0.1) is 0 Å². The Morgan fingerprint density at radius 3 is 1.49 bits per heavy atom. The molecule has 0 radical (unpaired) electrons. The van der Waals surface area contributed by atoms with Crippen molar-refractivity contribution >= 4 is 94.6 Å². The van der Waals surface area contributed by atoms with Gasteiger partial charge in [0.15, 0.2) is 0 Å². The number of para-hydroxylation sites is 2. The van der Waals surface area contributed by atoms with Crippen LogP contribution in [0, 0.1) is 0 Å². The van der Waals surface area contributed by atoms with E-state index in [1.807, 2.05) is 0 Å². The van der Waals surface area contributed by atoms with Crippen molar-refractivity contribution in [3.05, 3.63) is 121 Å². The second-order valence-electron chi connectivity index (χ2n) is 16.0. The van der Waals surface area contributed by atoms with Crippen molar-refractivity contribution in [3.63, 3.8) is 0 Å². The van der Waals surface area contributed by atoms with E-state index in [0.29, 0.717) is 0 Å². The molecule has 0 aliphatic carbocycles.